The highest BCUT2D eigenvalue weighted by Crippen LogP contribution is 2.32. The Morgan fingerprint density at radius 3 is 2.62 bits per heavy atom. The summed E-state index contributed by atoms with van der Waals surface area (Å²) in [5.41, 5.74) is 2.97. The normalized spacial score (nSPS) is 21.2. The van der Waals surface area contributed by atoms with E-state index in [0.717, 1.165) is 42.6 Å². The van der Waals surface area contributed by atoms with Crippen LogP contribution in [0.25, 0.3) is 0 Å². The third kappa shape index (κ3) is 6.79. The van der Waals surface area contributed by atoms with Crippen LogP contribution in [0.1, 0.15) is 53.3 Å². The first-order valence-corrected chi connectivity index (χ1v) is 13.7. The first-order chi connectivity index (χ1) is 19.0. The van der Waals surface area contributed by atoms with Crippen LogP contribution in [0.15, 0.2) is 54.7 Å². The third-order valence-electron chi connectivity index (χ3n) is 7.16. The van der Waals surface area contributed by atoms with Crippen molar-refractivity contribution in [2.45, 2.75) is 57.4 Å². The summed E-state index contributed by atoms with van der Waals surface area (Å²) in [4.78, 5) is 25.8. The van der Waals surface area contributed by atoms with E-state index in [9.17, 15) is 9.59 Å². The van der Waals surface area contributed by atoms with Crippen molar-refractivity contribution in [3.8, 4) is 5.75 Å². The average molecular weight is 553 g/mol. The Balaban J connectivity index is 1.17. The maximum Gasteiger partial charge on any atom is 0.275 e. The number of benzene rings is 2. The Kier molecular flexibility index (Phi) is 8.81. The Bertz CT molecular complexity index is 1280. The van der Waals surface area contributed by atoms with E-state index in [1.54, 1.807) is 4.68 Å². The molecule has 5 rings (SSSR count). The molecular weight excluding hydrogens is 520 g/mol. The average Bonchev–Trinajstić information content (AvgIpc) is 3.36. The molecule has 3 aromatic rings. The van der Waals surface area contributed by atoms with Crippen LogP contribution in [0, 0.1) is 6.92 Å². The van der Waals surface area contributed by atoms with E-state index in [0.29, 0.717) is 36.2 Å². The lowest BCUT2D eigenvalue weighted by atomic mass is 9.91. The molecule has 1 aliphatic carbocycles. The summed E-state index contributed by atoms with van der Waals surface area (Å²) < 4.78 is 18.5. The van der Waals surface area contributed by atoms with Gasteiger partial charge in [0.25, 0.3) is 11.8 Å². The fraction of sp³-hybridized carbons (Fsp3) is 0.414. The predicted molar refractivity (Wildman–Crippen MR) is 147 cm³/mol. The molecule has 0 radical (unpaired) electrons. The SMILES string of the molecule is Cc1cc(OCc2ccccc2)ccc1NC(=O)c1c(Cl)cnn1C1CCC(NC(=O)C2COCCO2)CC1. The van der Waals surface area contributed by atoms with Gasteiger partial charge in [-0.15, -0.1) is 0 Å². The number of nitrogens with one attached hydrogen (secondary N) is 2. The predicted octanol–water partition coefficient (Wildman–Crippen LogP) is 4.69. The minimum Gasteiger partial charge on any atom is -0.489 e. The lowest BCUT2D eigenvalue weighted by molar-refractivity contribution is -0.148. The zero-order chi connectivity index (χ0) is 27.2. The van der Waals surface area contributed by atoms with Gasteiger partial charge in [-0.05, 0) is 61.9 Å². The minimum atomic E-state index is -0.551. The van der Waals surface area contributed by atoms with E-state index in [-0.39, 0.29) is 30.5 Å². The number of hydrogen-bond donors (Lipinski definition) is 2. The molecular formula is C29H33ClN4O5. The van der Waals surface area contributed by atoms with Gasteiger partial charge >= 0.3 is 0 Å². The Morgan fingerprint density at radius 2 is 1.90 bits per heavy atom. The van der Waals surface area contributed by atoms with Gasteiger partial charge in [0.05, 0.1) is 37.1 Å². The topological polar surface area (TPSA) is 104 Å². The van der Waals surface area contributed by atoms with Gasteiger partial charge in [0, 0.05) is 11.7 Å². The molecule has 2 amide bonds. The number of rotatable bonds is 8. The molecule has 39 heavy (non-hydrogen) atoms. The summed E-state index contributed by atoms with van der Waals surface area (Å²) in [6, 6.07) is 15.6. The molecule has 206 valence electrons. The number of hydrogen-bond acceptors (Lipinski definition) is 6. The van der Waals surface area contributed by atoms with Crippen LogP contribution < -0.4 is 15.4 Å². The number of anilines is 1. The van der Waals surface area contributed by atoms with Crippen LogP contribution in [-0.2, 0) is 20.9 Å². The maximum atomic E-state index is 13.3. The summed E-state index contributed by atoms with van der Waals surface area (Å²) in [6.45, 7) is 3.63. The highest BCUT2D eigenvalue weighted by Gasteiger charge is 2.30. The van der Waals surface area contributed by atoms with Crippen molar-refractivity contribution < 1.29 is 23.8 Å². The smallest absolute Gasteiger partial charge is 0.275 e. The Morgan fingerprint density at radius 1 is 1.10 bits per heavy atom. The summed E-state index contributed by atoms with van der Waals surface area (Å²) >= 11 is 6.43. The second kappa shape index (κ2) is 12.6. The van der Waals surface area contributed by atoms with E-state index < -0.39 is 6.10 Å². The first-order valence-electron chi connectivity index (χ1n) is 13.3. The number of aryl methyl sites for hydroxylation is 1. The van der Waals surface area contributed by atoms with Gasteiger partial charge in [-0.3, -0.25) is 14.3 Å². The largest absolute Gasteiger partial charge is 0.489 e. The van der Waals surface area contributed by atoms with Gasteiger partial charge in [-0.2, -0.15) is 5.10 Å². The van der Waals surface area contributed by atoms with Gasteiger partial charge in [0.15, 0.2) is 6.10 Å². The highest BCUT2D eigenvalue weighted by atomic mass is 35.5. The lowest BCUT2D eigenvalue weighted by Crippen LogP contribution is -2.47. The highest BCUT2D eigenvalue weighted by molar-refractivity contribution is 6.34. The van der Waals surface area contributed by atoms with Gasteiger partial charge in [0.1, 0.15) is 18.1 Å². The molecule has 1 unspecified atom stereocenters. The molecule has 2 N–H and O–H groups in total. The number of amides is 2. The molecule has 2 heterocycles. The molecule has 2 fully saturated rings. The van der Waals surface area contributed by atoms with Gasteiger partial charge in [-0.25, -0.2) is 0 Å². The van der Waals surface area contributed by atoms with Crippen LogP contribution in [0.4, 0.5) is 5.69 Å². The van der Waals surface area contributed by atoms with Gasteiger partial charge < -0.3 is 24.8 Å². The molecule has 9 nitrogen and oxygen atoms in total. The van der Waals surface area contributed by atoms with Crippen LogP contribution in [-0.4, -0.2) is 53.6 Å². The Labute approximate surface area is 232 Å². The van der Waals surface area contributed by atoms with Crippen LogP contribution in [0.2, 0.25) is 5.02 Å². The first kappa shape index (κ1) is 27.2. The molecule has 1 saturated carbocycles. The molecule has 10 heteroatoms. The fourth-order valence-electron chi connectivity index (χ4n) is 5.02. The number of ether oxygens (including phenoxy) is 3. The van der Waals surface area contributed by atoms with E-state index in [4.69, 9.17) is 25.8 Å². The van der Waals surface area contributed by atoms with Crippen LogP contribution in [0.3, 0.4) is 0 Å². The summed E-state index contributed by atoms with van der Waals surface area (Å²) in [7, 11) is 0. The van der Waals surface area contributed by atoms with Crippen molar-refractivity contribution in [3.05, 3.63) is 76.6 Å². The lowest BCUT2D eigenvalue weighted by Gasteiger charge is -2.31. The molecule has 1 atom stereocenters. The zero-order valence-corrected chi connectivity index (χ0v) is 22.7. The molecule has 2 aliphatic rings. The summed E-state index contributed by atoms with van der Waals surface area (Å²) in [5.74, 6) is 0.277. The maximum absolute atomic E-state index is 13.3. The van der Waals surface area contributed by atoms with Crippen molar-refractivity contribution in [1.82, 2.24) is 15.1 Å². The van der Waals surface area contributed by atoms with Crippen molar-refractivity contribution in [2.24, 2.45) is 0 Å². The minimum absolute atomic E-state index is 0.00975. The standard InChI is InChI=1S/C29H33ClN4O5/c1-19-15-23(39-17-20-5-3-2-4-6-20)11-12-25(19)33-29(36)27-24(30)16-31-34(27)22-9-7-21(8-10-22)32-28(35)26-18-37-13-14-38-26/h2-6,11-12,15-16,21-22,26H,7-10,13-14,17-18H2,1H3,(H,32,35)(H,33,36). The second-order valence-corrected chi connectivity index (χ2v) is 10.3. The molecule has 1 aliphatic heterocycles. The number of nitrogens with zero attached hydrogens (tertiary/aromatic N) is 2. The van der Waals surface area contributed by atoms with Crippen molar-refractivity contribution >= 4 is 29.1 Å². The number of aromatic nitrogens is 2. The number of carbonyl (C=O) groups excluding carboxylic acids is 2. The second-order valence-electron chi connectivity index (χ2n) is 9.94. The summed E-state index contributed by atoms with van der Waals surface area (Å²) in [5, 5.41) is 10.8. The van der Waals surface area contributed by atoms with Crippen LogP contribution >= 0.6 is 11.6 Å². The quantitative estimate of drug-likeness (QED) is 0.420. The van der Waals surface area contributed by atoms with Crippen molar-refractivity contribution in [3.63, 3.8) is 0 Å². The number of halogens is 1. The molecule has 2 aromatic carbocycles. The number of carbonyl (C=O) groups is 2. The molecule has 1 saturated heterocycles. The van der Waals surface area contributed by atoms with E-state index in [1.807, 2.05) is 55.5 Å². The van der Waals surface area contributed by atoms with E-state index in [2.05, 4.69) is 15.7 Å². The van der Waals surface area contributed by atoms with Gasteiger partial charge in [0.2, 0.25) is 0 Å². The molecule has 1 aromatic heterocycles. The van der Waals surface area contributed by atoms with Crippen molar-refractivity contribution in [1.29, 1.82) is 0 Å². The fourth-order valence-corrected chi connectivity index (χ4v) is 5.23. The van der Waals surface area contributed by atoms with Crippen molar-refractivity contribution in [2.75, 3.05) is 25.1 Å². The van der Waals surface area contributed by atoms with E-state index in [1.165, 1.54) is 6.20 Å². The molecule has 0 bridgehead atoms. The monoisotopic (exact) mass is 552 g/mol. The van der Waals surface area contributed by atoms with Gasteiger partial charge in [-0.1, -0.05) is 41.9 Å². The molecule has 0 spiro atoms. The third-order valence-corrected chi connectivity index (χ3v) is 7.43. The van der Waals surface area contributed by atoms with Crippen LogP contribution in [0.5, 0.6) is 5.75 Å². The summed E-state index contributed by atoms with van der Waals surface area (Å²) in [6.07, 6.45) is 4.02. The van der Waals surface area contributed by atoms with E-state index >= 15 is 0 Å². The Hall–Kier alpha value is -3.40. The zero-order valence-electron chi connectivity index (χ0n) is 21.9.